The summed E-state index contributed by atoms with van der Waals surface area (Å²) in [5.74, 6) is 12.2. The fraction of sp³-hybridized carbons (Fsp3) is 0.810. The molecule has 0 saturated heterocycles. The minimum Gasteiger partial charge on any atom is -0.393 e. The van der Waals surface area contributed by atoms with Crippen molar-refractivity contribution < 1.29 is 5.11 Å². The lowest BCUT2D eigenvalue weighted by molar-refractivity contribution is -0.0432. The summed E-state index contributed by atoms with van der Waals surface area (Å²) in [6.45, 7) is 9.96. The molecular weight excluding hydrogens is 562 g/mol. The van der Waals surface area contributed by atoms with Gasteiger partial charge >= 0.3 is 0 Å². The first kappa shape index (κ1) is 32.4. The average Bonchev–Trinajstić information content (AvgIpc) is 3.57. The van der Waals surface area contributed by atoms with Crippen LogP contribution in [0.2, 0.25) is 0 Å². The molecule has 0 aromatic heterocycles. The number of rotatable bonds is 1. The zero-order valence-electron chi connectivity index (χ0n) is 29.2. The number of nitrogens with zero attached hydrogens (tertiary/aromatic N) is 3. The molecular formula is C42H59N3O. The predicted octanol–water partition coefficient (Wildman–Crippen LogP) is 10.4. The van der Waals surface area contributed by atoms with Crippen LogP contribution in [-0.2, 0) is 0 Å². The number of aliphatic hydroxyl groups is 1. The van der Waals surface area contributed by atoms with Crippen LogP contribution in [0.1, 0.15) is 130 Å². The van der Waals surface area contributed by atoms with E-state index >= 15 is 0 Å². The van der Waals surface area contributed by atoms with Gasteiger partial charge in [-0.15, -0.1) is 24.7 Å². The quantitative estimate of drug-likeness (QED) is 0.102. The van der Waals surface area contributed by atoms with Crippen molar-refractivity contribution in [3.05, 3.63) is 33.7 Å². The molecule has 0 heterocycles. The van der Waals surface area contributed by atoms with Gasteiger partial charge in [0.1, 0.15) is 0 Å². The van der Waals surface area contributed by atoms with Crippen LogP contribution in [-0.4, -0.2) is 17.3 Å². The van der Waals surface area contributed by atoms with E-state index in [1.165, 1.54) is 77.0 Å². The third-order valence-electron chi connectivity index (χ3n) is 16.8. The van der Waals surface area contributed by atoms with E-state index in [9.17, 15) is 5.11 Å². The monoisotopic (exact) mass is 621 g/mol. The summed E-state index contributed by atoms with van der Waals surface area (Å²) < 4.78 is 0. The topological polar surface area (TPSA) is 69.0 Å². The van der Waals surface area contributed by atoms with Crippen LogP contribution in [0, 0.1) is 93.7 Å². The molecule has 4 nitrogen and oxygen atoms in total. The van der Waals surface area contributed by atoms with Crippen LogP contribution in [0.25, 0.3) is 10.4 Å². The van der Waals surface area contributed by atoms with Crippen LogP contribution in [0.15, 0.2) is 28.4 Å². The predicted molar refractivity (Wildman–Crippen MR) is 187 cm³/mol. The van der Waals surface area contributed by atoms with Crippen LogP contribution >= 0.6 is 0 Å². The highest BCUT2D eigenvalue weighted by atomic mass is 16.3. The number of hydrogen-bond donors (Lipinski definition) is 1. The molecule has 0 bridgehead atoms. The smallest absolute Gasteiger partial charge is 0.0577 e. The molecule has 1 N–H and O–H groups in total. The first-order valence-electron chi connectivity index (χ1n) is 19.1. The standard InChI is InChI=1S/C21H29N3.C21H30O/c1-4-14-6-8-18-17-7-5-15-13-16(23-24-22)9-11-21(15,3)19(17)10-12-20(14,18)2;1-4-14-6-8-18-17-7-5-15-13-16(22)9-11-21(15,3)19(17)10-12-20(14,18)2/h1,5,14,16-19H,6-13H2,2-3H3;1,5,14,16-19,22H,6-13H2,2-3H3/t14-,16+,17?,18?,19?,20+,21-;14-,16-,17?,18?,19?,20+,21-/m00/s1. The number of terminal acetylenes is 2. The van der Waals surface area contributed by atoms with Crippen molar-refractivity contribution in [3.8, 4) is 24.7 Å². The van der Waals surface area contributed by atoms with Crippen LogP contribution < -0.4 is 0 Å². The Kier molecular flexibility index (Phi) is 8.30. The third-order valence-corrected chi connectivity index (χ3v) is 16.8. The average molecular weight is 622 g/mol. The Balaban J connectivity index is 0.000000147. The van der Waals surface area contributed by atoms with E-state index in [1.54, 1.807) is 11.1 Å². The molecule has 6 unspecified atom stereocenters. The molecule has 0 aromatic rings. The molecule has 6 fully saturated rings. The second kappa shape index (κ2) is 11.8. The van der Waals surface area contributed by atoms with Gasteiger partial charge in [-0.2, -0.15) is 0 Å². The lowest BCUT2D eigenvalue weighted by Crippen LogP contribution is -2.50. The molecule has 6 saturated carbocycles. The maximum Gasteiger partial charge on any atom is 0.0577 e. The Morgan fingerprint density at radius 2 is 1.20 bits per heavy atom. The summed E-state index contributed by atoms with van der Waals surface area (Å²) in [5, 5.41) is 14.1. The molecule has 46 heavy (non-hydrogen) atoms. The fourth-order valence-electron chi connectivity index (χ4n) is 14.0. The first-order chi connectivity index (χ1) is 22.0. The Hall–Kier alpha value is -2.13. The van der Waals surface area contributed by atoms with Gasteiger partial charge in [0.15, 0.2) is 0 Å². The van der Waals surface area contributed by atoms with Crippen LogP contribution in [0.3, 0.4) is 0 Å². The molecule has 8 aliphatic rings. The van der Waals surface area contributed by atoms with E-state index in [4.69, 9.17) is 18.4 Å². The summed E-state index contributed by atoms with van der Waals surface area (Å²) in [6.07, 6.45) is 35.9. The number of fused-ring (bicyclic) bond motifs is 10. The molecule has 248 valence electrons. The highest BCUT2D eigenvalue weighted by molar-refractivity contribution is 5.28. The molecule has 4 heteroatoms. The summed E-state index contributed by atoms with van der Waals surface area (Å²) >= 11 is 0. The van der Waals surface area contributed by atoms with Crippen molar-refractivity contribution in [1.82, 2.24) is 0 Å². The van der Waals surface area contributed by atoms with Gasteiger partial charge in [-0.3, -0.25) is 0 Å². The molecule has 0 aromatic carbocycles. The number of allylic oxidation sites excluding steroid dienone is 2. The summed E-state index contributed by atoms with van der Waals surface area (Å²) in [7, 11) is 0. The number of aliphatic hydroxyl groups excluding tert-OH is 1. The molecule has 0 amide bonds. The van der Waals surface area contributed by atoms with Crippen molar-refractivity contribution in [2.75, 3.05) is 0 Å². The van der Waals surface area contributed by atoms with E-state index < -0.39 is 0 Å². The van der Waals surface area contributed by atoms with Crippen molar-refractivity contribution in [2.45, 2.75) is 143 Å². The van der Waals surface area contributed by atoms with Gasteiger partial charge in [0, 0.05) is 22.8 Å². The molecule has 8 rings (SSSR count). The summed E-state index contributed by atoms with van der Waals surface area (Å²) in [4.78, 5) is 3.05. The first-order valence-corrected chi connectivity index (χ1v) is 19.1. The Bertz CT molecular complexity index is 1410. The maximum absolute atomic E-state index is 10.1. The van der Waals surface area contributed by atoms with Gasteiger partial charge in [-0.05, 0) is 165 Å². The van der Waals surface area contributed by atoms with Gasteiger partial charge in [0.25, 0.3) is 0 Å². The minimum absolute atomic E-state index is 0.0953. The third kappa shape index (κ3) is 4.79. The Morgan fingerprint density at radius 1 is 0.696 bits per heavy atom. The Morgan fingerprint density at radius 3 is 1.70 bits per heavy atom. The molecule has 8 aliphatic carbocycles. The number of hydrogen-bond acceptors (Lipinski definition) is 2. The van der Waals surface area contributed by atoms with E-state index in [0.717, 1.165) is 61.2 Å². The summed E-state index contributed by atoms with van der Waals surface area (Å²) in [6, 6.07) is 0.178. The largest absolute Gasteiger partial charge is 0.393 e. The minimum atomic E-state index is -0.0953. The van der Waals surface area contributed by atoms with Crippen LogP contribution in [0.5, 0.6) is 0 Å². The van der Waals surface area contributed by atoms with E-state index in [0.29, 0.717) is 33.5 Å². The Labute approximate surface area is 279 Å². The van der Waals surface area contributed by atoms with Crippen LogP contribution in [0.4, 0.5) is 0 Å². The van der Waals surface area contributed by atoms with Gasteiger partial charge in [0.2, 0.25) is 0 Å². The second-order valence-corrected chi connectivity index (χ2v) is 18.2. The SMILES string of the molecule is C#C[C@H]1CCC2C3CC=C4C[C@@H](O)CC[C@]4(C)C3CC[C@@]21C.C#C[C@H]1CCC2C3CC=C4C[C@H](N=[N+]=[N-])CC[C@]4(C)C3CC[C@@]21C. The van der Waals surface area contributed by atoms with E-state index in [1.807, 2.05) is 0 Å². The molecule has 0 spiro atoms. The fourth-order valence-corrected chi connectivity index (χ4v) is 14.0. The van der Waals surface area contributed by atoms with Crippen molar-refractivity contribution in [3.63, 3.8) is 0 Å². The highest BCUT2D eigenvalue weighted by Crippen LogP contribution is 2.67. The van der Waals surface area contributed by atoms with Gasteiger partial charge in [0.05, 0.1) is 6.10 Å². The summed E-state index contributed by atoms with van der Waals surface area (Å²) in [5.41, 5.74) is 13.4. The highest BCUT2D eigenvalue weighted by Gasteiger charge is 2.59. The van der Waals surface area contributed by atoms with Gasteiger partial charge in [-0.25, -0.2) is 0 Å². The normalized spacial score (nSPS) is 51.6. The zero-order chi connectivity index (χ0) is 32.5. The van der Waals surface area contributed by atoms with Gasteiger partial charge in [-0.1, -0.05) is 56.1 Å². The van der Waals surface area contributed by atoms with Crippen molar-refractivity contribution in [1.29, 1.82) is 0 Å². The van der Waals surface area contributed by atoms with E-state index in [2.05, 4.69) is 61.7 Å². The molecule has 0 aliphatic heterocycles. The zero-order valence-corrected chi connectivity index (χ0v) is 29.2. The second-order valence-electron chi connectivity index (χ2n) is 18.2. The lowest BCUT2D eigenvalue weighted by Gasteiger charge is -2.57. The van der Waals surface area contributed by atoms with Crippen molar-refractivity contribution >= 4 is 0 Å². The molecule has 14 atom stereocenters. The number of azide groups is 1. The maximum atomic E-state index is 10.1. The molecule has 0 radical (unpaired) electrons. The van der Waals surface area contributed by atoms with E-state index in [-0.39, 0.29) is 12.1 Å². The van der Waals surface area contributed by atoms with Crippen molar-refractivity contribution in [2.24, 2.45) is 74.1 Å². The van der Waals surface area contributed by atoms with Gasteiger partial charge < -0.3 is 5.11 Å². The lowest BCUT2D eigenvalue weighted by atomic mass is 9.47.